The van der Waals surface area contributed by atoms with Gasteiger partial charge in [-0.3, -0.25) is 9.59 Å². The Morgan fingerprint density at radius 2 is 1.77 bits per heavy atom. The van der Waals surface area contributed by atoms with E-state index in [0.29, 0.717) is 16.8 Å². The second-order valence-corrected chi connectivity index (χ2v) is 8.47. The molecule has 0 saturated carbocycles. The van der Waals surface area contributed by atoms with Crippen LogP contribution in [0.5, 0.6) is 0 Å². The van der Waals surface area contributed by atoms with E-state index in [4.69, 9.17) is 0 Å². The molecule has 31 heavy (non-hydrogen) atoms. The van der Waals surface area contributed by atoms with Gasteiger partial charge in [-0.05, 0) is 74.9 Å². The third kappa shape index (κ3) is 4.30. The fourth-order valence-electron chi connectivity index (χ4n) is 3.68. The van der Waals surface area contributed by atoms with E-state index in [9.17, 15) is 9.59 Å². The van der Waals surface area contributed by atoms with Gasteiger partial charge in [0, 0.05) is 39.8 Å². The van der Waals surface area contributed by atoms with Gasteiger partial charge in [0.15, 0.2) is 0 Å². The summed E-state index contributed by atoms with van der Waals surface area (Å²) in [6, 6.07) is 19.0. The summed E-state index contributed by atoms with van der Waals surface area (Å²) in [4.78, 5) is 29.6. The zero-order valence-electron chi connectivity index (χ0n) is 17.9. The monoisotopic (exact) mass is 431 g/mol. The Labute approximate surface area is 186 Å². The average molecular weight is 432 g/mol. The van der Waals surface area contributed by atoms with Crippen molar-refractivity contribution in [1.82, 2.24) is 0 Å². The first kappa shape index (κ1) is 21.0. The van der Waals surface area contributed by atoms with Crippen molar-refractivity contribution in [3.8, 4) is 0 Å². The lowest BCUT2D eigenvalue weighted by Crippen LogP contribution is -2.22. The number of hydrogen-bond donors (Lipinski definition) is 2. The highest BCUT2D eigenvalue weighted by Gasteiger charge is 2.21. The molecule has 0 atom stereocenters. The highest BCUT2D eigenvalue weighted by molar-refractivity contribution is 7.99. The molecule has 0 bridgehead atoms. The predicted octanol–water partition coefficient (Wildman–Crippen LogP) is 5.81. The van der Waals surface area contributed by atoms with Crippen molar-refractivity contribution in [2.45, 2.75) is 30.6 Å². The highest BCUT2D eigenvalue weighted by atomic mass is 32.2. The van der Waals surface area contributed by atoms with Crippen LogP contribution >= 0.6 is 11.8 Å². The molecule has 0 aliphatic carbocycles. The van der Waals surface area contributed by atoms with Gasteiger partial charge >= 0.3 is 0 Å². The molecular formula is C25H25N3O2S. The number of amides is 2. The largest absolute Gasteiger partial charge is 0.372 e. The molecular weight excluding hydrogens is 406 g/mol. The molecule has 1 heterocycles. The molecule has 0 aromatic heterocycles. The van der Waals surface area contributed by atoms with Crippen LogP contribution in [-0.4, -0.2) is 24.9 Å². The van der Waals surface area contributed by atoms with Crippen LogP contribution in [0.3, 0.4) is 0 Å². The molecule has 1 aliphatic rings. The maximum Gasteiger partial charge on any atom is 0.256 e. The summed E-state index contributed by atoms with van der Waals surface area (Å²) in [5.74, 6) is -0.371. The van der Waals surface area contributed by atoms with Crippen LogP contribution in [0.25, 0.3) is 0 Å². The van der Waals surface area contributed by atoms with E-state index >= 15 is 0 Å². The topological polar surface area (TPSA) is 61.4 Å². The van der Waals surface area contributed by atoms with Crippen molar-refractivity contribution in [1.29, 1.82) is 0 Å². The molecule has 0 unspecified atom stereocenters. The van der Waals surface area contributed by atoms with Crippen LogP contribution in [0, 0.1) is 6.92 Å². The van der Waals surface area contributed by atoms with Crippen LogP contribution in [0.1, 0.15) is 40.1 Å². The Kier molecular flexibility index (Phi) is 6.00. The van der Waals surface area contributed by atoms with E-state index in [1.54, 1.807) is 12.1 Å². The smallest absolute Gasteiger partial charge is 0.256 e. The van der Waals surface area contributed by atoms with Crippen LogP contribution in [0.2, 0.25) is 0 Å². The van der Waals surface area contributed by atoms with Crippen molar-refractivity contribution in [3.63, 3.8) is 0 Å². The number of benzene rings is 3. The zero-order chi connectivity index (χ0) is 22.0. The SMILES string of the molecule is CCN(CC)c1ccc(NC(=O)c2ccc3c(c2)NC(=O)c2ccccc2S3)c(C)c1. The summed E-state index contributed by atoms with van der Waals surface area (Å²) in [6.45, 7) is 8.12. The van der Waals surface area contributed by atoms with Crippen LogP contribution in [-0.2, 0) is 0 Å². The molecule has 0 fully saturated rings. The lowest BCUT2D eigenvalue weighted by atomic mass is 10.1. The molecule has 0 radical (unpaired) electrons. The Bertz CT molecular complexity index is 1160. The lowest BCUT2D eigenvalue weighted by Gasteiger charge is -2.22. The van der Waals surface area contributed by atoms with Crippen molar-refractivity contribution in [2.75, 3.05) is 28.6 Å². The molecule has 5 nitrogen and oxygen atoms in total. The first-order valence-electron chi connectivity index (χ1n) is 10.4. The predicted molar refractivity (Wildman–Crippen MR) is 128 cm³/mol. The van der Waals surface area contributed by atoms with Crippen LogP contribution < -0.4 is 15.5 Å². The molecule has 3 aromatic rings. The summed E-state index contributed by atoms with van der Waals surface area (Å²) in [5, 5.41) is 5.94. The number of fused-ring (bicyclic) bond motifs is 2. The van der Waals surface area contributed by atoms with Crippen LogP contribution in [0.4, 0.5) is 17.1 Å². The van der Waals surface area contributed by atoms with Crippen molar-refractivity contribution in [3.05, 3.63) is 77.4 Å². The first-order valence-corrected chi connectivity index (χ1v) is 11.2. The second kappa shape index (κ2) is 8.86. The number of hydrogen-bond acceptors (Lipinski definition) is 4. The number of rotatable bonds is 5. The third-order valence-electron chi connectivity index (χ3n) is 5.43. The average Bonchev–Trinajstić information content (AvgIpc) is 2.91. The van der Waals surface area contributed by atoms with E-state index in [1.807, 2.05) is 49.4 Å². The Hall–Kier alpha value is -3.25. The van der Waals surface area contributed by atoms with Gasteiger partial charge in [0.25, 0.3) is 11.8 Å². The van der Waals surface area contributed by atoms with Gasteiger partial charge in [-0.1, -0.05) is 23.9 Å². The lowest BCUT2D eigenvalue weighted by molar-refractivity contribution is 0.101. The molecule has 158 valence electrons. The fraction of sp³-hybridized carbons (Fsp3) is 0.200. The zero-order valence-corrected chi connectivity index (χ0v) is 18.7. The highest BCUT2D eigenvalue weighted by Crippen LogP contribution is 2.39. The Balaban J connectivity index is 1.56. The summed E-state index contributed by atoms with van der Waals surface area (Å²) >= 11 is 1.52. The van der Waals surface area contributed by atoms with Crippen molar-refractivity contribution in [2.24, 2.45) is 0 Å². The van der Waals surface area contributed by atoms with Gasteiger partial charge in [-0.2, -0.15) is 0 Å². The molecule has 0 spiro atoms. The number of nitrogens with one attached hydrogen (secondary N) is 2. The molecule has 2 N–H and O–H groups in total. The molecule has 2 amide bonds. The van der Waals surface area contributed by atoms with E-state index in [2.05, 4.69) is 35.4 Å². The number of aryl methyl sites for hydroxylation is 1. The minimum atomic E-state index is -0.206. The number of carbonyl (C=O) groups excluding carboxylic acids is 2. The number of carbonyl (C=O) groups is 2. The number of anilines is 3. The second-order valence-electron chi connectivity index (χ2n) is 7.39. The summed E-state index contributed by atoms with van der Waals surface area (Å²) in [5.41, 5.74) is 4.71. The van der Waals surface area contributed by atoms with Gasteiger partial charge in [-0.15, -0.1) is 0 Å². The quantitative estimate of drug-likeness (QED) is 0.535. The number of nitrogens with zero attached hydrogens (tertiary/aromatic N) is 1. The minimum Gasteiger partial charge on any atom is -0.372 e. The van der Waals surface area contributed by atoms with Gasteiger partial charge < -0.3 is 15.5 Å². The fourth-order valence-corrected chi connectivity index (χ4v) is 4.69. The van der Waals surface area contributed by atoms with Gasteiger partial charge in [0.2, 0.25) is 0 Å². The Morgan fingerprint density at radius 1 is 1.00 bits per heavy atom. The Morgan fingerprint density at radius 3 is 2.52 bits per heavy atom. The minimum absolute atomic E-state index is 0.165. The van der Waals surface area contributed by atoms with Gasteiger partial charge in [0.05, 0.1) is 11.3 Å². The van der Waals surface area contributed by atoms with E-state index in [1.165, 1.54) is 11.8 Å². The molecule has 3 aromatic carbocycles. The van der Waals surface area contributed by atoms with Gasteiger partial charge in [0.1, 0.15) is 0 Å². The molecule has 4 rings (SSSR count). The molecule has 1 aliphatic heterocycles. The first-order chi connectivity index (χ1) is 15.0. The van der Waals surface area contributed by atoms with E-state index < -0.39 is 0 Å². The van der Waals surface area contributed by atoms with E-state index in [-0.39, 0.29) is 11.8 Å². The van der Waals surface area contributed by atoms with Crippen molar-refractivity contribution < 1.29 is 9.59 Å². The normalized spacial score (nSPS) is 12.3. The molecule has 0 saturated heterocycles. The summed E-state index contributed by atoms with van der Waals surface area (Å²) in [7, 11) is 0. The van der Waals surface area contributed by atoms with Crippen molar-refractivity contribution >= 4 is 40.6 Å². The van der Waals surface area contributed by atoms with Gasteiger partial charge in [-0.25, -0.2) is 0 Å². The standard InChI is InChI=1S/C25H25N3O2S/c1-4-28(5-2)18-11-12-20(16(3)14-18)26-24(29)17-10-13-23-21(15-17)27-25(30)19-8-6-7-9-22(19)31-23/h6-15H,4-5H2,1-3H3,(H,26,29)(H,27,30). The summed E-state index contributed by atoms with van der Waals surface area (Å²) < 4.78 is 0. The summed E-state index contributed by atoms with van der Waals surface area (Å²) in [6.07, 6.45) is 0. The maximum atomic E-state index is 12.9. The third-order valence-corrected chi connectivity index (χ3v) is 6.58. The van der Waals surface area contributed by atoms with E-state index in [0.717, 1.165) is 39.8 Å². The van der Waals surface area contributed by atoms with Crippen LogP contribution in [0.15, 0.2) is 70.5 Å². The molecule has 6 heteroatoms. The maximum absolute atomic E-state index is 12.9.